The summed E-state index contributed by atoms with van der Waals surface area (Å²) in [7, 11) is 2.15. The van der Waals surface area contributed by atoms with Crippen molar-refractivity contribution in [1.82, 2.24) is 9.88 Å². The SMILES string of the molecule is CN(CCc1cccnc1)CC(C)(C)CN. The molecule has 0 atom stereocenters. The number of aromatic nitrogens is 1. The number of nitrogens with zero attached hydrogens (tertiary/aromatic N) is 2. The fourth-order valence-electron chi connectivity index (χ4n) is 1.74. The summed E-state index contributed by atoms with van der Waals surface area (Å²) >= 11 is 0. The molecule has 2 N–H and O–H groups in total. The van der Waals surface area contributed by atoms with Crippen molar-refractivity contribution in [2.24, 2.45) is 11.1 Å². The Balaban J connectivity index is 2.33. The van der Waals surface area contributed by atoms with Crippen LogP contribution in [0.5, 0.6) is 0 Å². The minimum atomic E-state index is 0.198. The van der Waals surface area contributed by atoms with E-state index >= 15 is 0 Å². The van der Waals surface area contributed by atoms with Gasteiger partial charge in [-0.25, -0.2) is 0 Å². The molecule has 0 unspecified atom stereocenters. The van der Waals surface area contributed by atoms with Gasteiger partial charge in [-0.2, -0.15) is 0 Å². The third-order valence-corrected chi connectivity index (χ3v) is 2.76. The van der Waals surface area contributed by atoms with Crippen molar-refractivity contribution in [1.29, 1.82) is 0 Å². The van der Waals surface area contributed by atoms with E-state index in [1.165, 1.54) is 5.56 Å². The zero-order chi connectivity index (χ0) is 12.0. The maximum absolute atomic E-state index is 5.73. The molecule has 90 valence electrons. The van der Waals surface area contributed by atoms with Gasteiger partial charge in [-0.15, -0.1) is 0 Å². The number of rotatable bonds is 6. The number of pyridine rings is 1. The van der Waals surface area contributed by atoms with E-state index in [9.17, 15) is 0 Å². The molecular weight excluding hydrogens is 198 g/mol. The number of nitrogens with two attached hydrogens (primary N) is 1. The van der Waals surface area contributed by atoms with Crippen molar-refractivity contribution in [3.63, 3.8) is 0 Å². The molecule has 16 heavy (non-hydrogen) atoms. The fraction of sp³-hybridized carbons (Fsp3) is 0.615. The molecule has 0 saturated carbocycles. The summed E-state index contributed by atoms with van der Waals surface area (Å²) in [6.45, 7) is 7.21. The molecule has 3 heteroatoms. The Kier molecular flexibility index (Phi) is 4.90. The summed E-state index contributed by atoms with van der Waals surface area (Å²) in [4.78, 5) is 6.45. The summed E-state index contributed by atoms with van der Waals surface area (Å²) in [6, 6.07) is 4.11. The van der Waals surface area contributed by atoms with Crippen LogP contribution >= 0.6 is 0 Å². The molecule has 0 aromatic carbocycles. The monoisotopic (exact) mass is 221 g/mol. The van der Waals surface area contributed by atoms with Crippen LogP contribution in [0.4, 0.5) is 0 Å². The number of likely N-dealkylation sites (N-methyl/N-ethyl adjacent to an activating group) is 1. The summed E-state index contributed by atoms with van der Waals surface area (Å²) < 4.78 is 0. The van der Waals surface area contributed by atoms with Crippen molar-refractivity contribution < 1.29 is 0 Å². The molecule has 1 rings (SSSR count). The standard InChI is InChI=1S/C13H23N3/c1-13(2,10-14)11-16(3)8-6-12-5-4-7-15-9-12/h4-5,7,9H,6,8,10-11,14H2,1-3H3. The van der Waals surface area contributed by atoms with E-state index in [2.05, 4.69) is 36.8 Å². The van der Waals surface area contributed by atoms with Crippen LogP contribution in [0.15, 0.2) is 24.5 Å². The Morgan fingerprint density at radius 2 is 2.19 bits per heavy atom. The van der Waals surface area contributed by atoms with Crippen LogP contribution in [-0.4, -0.2) is 36.6 Å². The Morgan fingerprint density at radius 1 is 1.44 bits per heavy atom. The molecule has 0 saturated heterocycles. The molecule has 0 spiro atoms. The van der Waals surface area contributed by atoms with Crippen LogP contribution in [0, 0.1) is 5.41 Å². The smallest absolute Gasteiger partial charge is 0.0300 e. The van der Waals surface area contributed by atoms with Crippen LogP contribution < -0.4 is 5.73 Å². The van der Waals surface area contributed by atoms with Gasteiger partial charge in [-0.05, 0) is 37.1 Å². The maximum Gasteiger partial charge on any atom is 0.0300 e. The second kappa shape index (κ2) is 5.97. The van der Waals surface area contributed by atoms with E-state index in [0.717, 1.165) is 26.1 Å². The normalized spacial score (nSPS) is 12.1. The molecule has 0 fully saturated rings. The molecule has 0 aliphatic rings. The molecule has 0 bridgehead atoms. The fourth-order valence-corrected chi connectivity index (χ4v) is 1.74. The molecule has 0 aliphatic carbocycles. The van der Waals surface area contributed by atoms with Crippen LogP contribution in [0.1, 0.15) is 19.4 Å². The van der Waals surface area contributed by atoms with Crippen molar-refractivity contribution in [3.8, 4) is 0 Å². The van der Waals surface area contributed by atoms with E-state index < -0.39 is 0 Å². The van der Waals surface area contributed by atoms with Gasteiger partial charge in [-0.1, -0.05) is 19.9 Å². The van der Waals surface area contributed by atoms with Gasteiger partial charge >= 0.3 is 0 Å². The summed E-state index contributed by atoms with van der Waals surface area (Å²) in [5.41, 5.74) is 7.21. The molecule has 1 aromatic rings. The topological polar surface area (TPSA) is 42.2 Å². The van der Waals surface area contributed by atoms with Crippen molar-refractivity contribution in [2.45, 2.75) is 20.3 Å². The molecule has 1 aromatic heterocycles. The van der Waals surface area contributed by atoms with E-state index in [-0.39, 0.29) is 5.41 Å². The lowest BCUT2D eigenvalue weighted by Gasteiger charge is -2.28. The quantitative estimate of drug-likeness (QED) is 0.792. The third-order valence-electron chi connectivity index (χ3n) is 2.76. The Morgan fingerprint density at radius 3 is 2.75 bits per heavy atom. The van der Waals surface area contributed by atoms with Gasteiger partial charge in [-0.3, -0.25) is 4.98 Å². The minimum Gasteiger partial charge on any atom is -0.330 e. The minimum absolute atomic E-state index is 0.198. The summed E-state index contributed by atoms with van der Waals surface area (Å²) in [6.07, 6.45) is 4.79. The lowest BCUT2D eigenvalue weighted by molar-refractivity contribution is 0.217. The first kappa shape index (κ1) is 13.1. The third kappa shape index (κ3) is 4.73. The first-order valence-electron chi connectivity index (χ1n) is 5.81. The second-order valence-electron chi connectivity index (χ2n) is 5.22. The van der Waals surface area contributed by atoms with Gasteiger partial charge < -0.3 is 10.6 Å². The predicted octanol–water partition coefficient (Wildman–Crippen LogP) is 1.54. The average Bonchev–Trinajstić information content (AvgIpc) is 2.27. The number of hydrogen-bond acceptors (Lipinski definition) is 3. The maximum atomic E-state index is 5.73. The summed E-state index contributed by atoms with van der Waals surface area (Å²) in [5.74, 6) is 0. The van der Waals surface area contributed by atoms with E-state index in [1.54, 1.807) is 0 Å². The highest BCUT2D eigenvalue weighted by atomic mass is 15.1. The Labute approximate surface area is 98.7 Å². The van der Waals surface area contributed by atoms with Gasteiger partial charge in [0.05, 0.1) is 0 Å². The van der Waals surface area contributed by atoms with Crippen molar-refractivity contribution in [3.05, 3.63) is 30.1 Å². The number of hydrogen-bond donors (Lipinski definition) is 1. The lowest BCUT2D eigenvalue weighted by Crippen LogP contribution is -2.37. The highest BCUT2D eigenvalue weighted by Crippen LogP contribution is 2.13. The van der Waals surface area contributed by atoms with Gasteiger partial charge in [0.15, 0.2) is 0 Å². The Bertz CT molecular complexity index is 295. The average molecular weight is 221 g/mol. The molecule has 3 nitrogen and oxygen atoms in total. The van der Waals surface area contributed by atoms with E-state index in [0.29, 0.717) is 0 Å². The van der Waals surface area contributed by atoms with Crippen molar-refractivity contribution in [2.75, 3.05) is 26.7 Å². The first-order chi connectivity index (χ1) is 7.53. The molecule has 1 heterocycles. The van der Waals surface area contributed by atoms with Crippen LogP contribution in [0.3, 0.4) is 0 Å². The van der Waals surface area contributed by atoms with Gasteiger partial charge in [0.25, 0.3) is 0 Å². The molecule has 0 radical (unpaired) electrons. The van der Waals surface area contributed by atoms with E-state index in [1.807, 2.05) is 18.5 Å². The summed E-state index contributed by atoms with van der Waals surface area (Å²) in [5, 5.41) is 0. The van der Waals surface area contributed by atoms with Crippen molar-refractivity contribution >= 4 is 0 Å². The molecular formula is C13H23N3. The van der Waals surface area contributed by atoms with Crippen LogP contribution in [0.2, 0.25) is 0 Å². The largest absolute Gasteiger partial charge is 0.330 e. The van der Waals surface area contributed by atoms with Gasteiger partial charge in [0.1, 0.15) is 0 Å². The van der Waals surface area contributed by atoms with E-state index in [4.69, 9.17) is 5.73 Å². The predicted molar refractivity (Wildman–Crippen MR) is 68.3 cm³/mol. The molecule has 0 aliphatic heterocycles. The first-order valence-corrected chi connectivity index (χ1v) is 5.81. The van der Waals surface area contributed by atoms with Gasteiger partial charge in [0.2, 0.25) is 0 Å². The zero-order valence-corrected chi connectivity index (χ0v) is 10.6. The zero-order valence-electron chi connectivity index (χ0n) is 10.6. The lowest BCUT2D eigenvalue weighted by atomic mass is 9.93. The molecule has 0 amide bonds. The van der Waals surface area contributed by atoms with Crippen LogP contribution in [0.25, 0.3) is 0 Å². The van der Waals surface area contributed by atoms with Crippen LogP contribution in [-0.2, 0) is 6.42 Å². The second-order valence-corrected chi connectivity index (χ2v) is 5.22. The highest BCUT2D eigenvalue weighted by Gasteiger charge is 2.17. The van der Waals surface area contributed by atoms with Gasteiger partial charge in [0, 0.05) is 25.5 Å². The highest BCUT2D eigenvalue weighted by molar-refractivity contribution is 5.08. The Hall–Kier alpha value is -0.930.